The van der Waals surface area contributed by atoms with E-state index in [-0.39, 0.29) is 17.3 Å². The third-order valence-electron chi connectivity index (χ3n) is 6.37. The molecule has 1 unspecified atom stereocenters. The summed E-state index contributed by atoms with van der Waals surface area (Å²) >= 11 is 0. The monoisotopic (exact) mass is 368 g/mol. The Labute approximate surface area is 163 Å². The molecule has 0 saturated carbocycles. The van der Waals surface area contributed by atoms with Crippen molar-refractivity contribution in [3.8, 4) is 5.75 Å². The number of benzene rings is 1. The maximum absolute atomic E-state index is 13.0. The third-order valence-corrected chi connectivity index (χ3v) is 6.37. The first-order valence-electron chi connectivity index (χ1n) is 9.54. The van der Waals surface area contributed by atoms with Crippen molar-refractivity contribution in [2.75, 3.05) is 13.7 Å². The largest absolute Gasteiger partial charge is 0.497 e. The number of carbonyl (C=O) groups is 1. The summed E-state index contributed by atoms with van der Waals surface area (Å²) in [5.41, 5.74) is 6.81. The molecular weight excluding hydrogens is 336 g/mol. The topological polar surface area (TPSA) is 35.5 Å². The number of allylic oxidation sites excluding steroid dienone is 5. The lowest BCUT2D eigenvalue weighted by Gasteiger charge is -2.35. The van der Waals surface area contributed by atoms with E-state index in [0.717, 1.165) is 16.9 Å². The average Bonchev–Trinajstić information content (AvgIpc) is 2.82. The Bertz CT molecular complexity index is 783. The summed E-state index contributed by atoms with van der Waals surface area (Å²) in [6.07, 6.45) is 2.07. The minimum atomic E-state index is -0.369. The van der Waals surface area contributed by atoms with E-state index in [2.05, 4.69) is 40.7 Å². The van der Waals surface area contributed by atoms with Crippen molar-refractivity contribution in [3.05, 3.63) is 58.2 Å². The van der Waals surface area contributed by atoms with Crippen molar-refractivity contribution in [1.29, 1.82) is 0 Å². The van der Waals surface area contributed by atoms with Gasteiger partial charge in [0.05, 0.1) is 19.6 Å². The molecular formula is C24H32O3. The Morgan fingerprint density at radius 3 is 2.04 bits per heavy atom. The zero-order valence-electron chi connectivity index (χ0n) is 17.9. The van der Waals surface area contributed by atoms with Crippen LogP contribution in [0.15, 0.2) is 52.6 Å². The van der Waals surface area contributed by atoms with E-state index >= 15 is 0 Å². The fourth-order valence-corrected chi connectivity index (χ4v) is 3.99. The summed E-state index contributed by atoms with van der Waals surface area (Å²) in [7, 11) is 1.66. The molecule has 3 nitrogen and oxygen atoms in total. The number of hydrogen-bond donors (Lipinski definition) is 0. The number of methoxy groups -OCH3 is 1. The van der Waals surface area contributed by atoms with Gasteiger partial charge in [0.15, 0.2) is 0 Å². The first-order chi connectivity index (χ1) is 12.7. The number of hydrogen-bond acceptors (Lipinski definition) is 3. The van der Waals surface area contributed by atoms with Crippen LogP contribution in [-0.4, -0.2) is 19.7 Å². The number of rotatable bonds is 6. The lowest BCUT2D eigenvalue weighted by atomic mass is 9.68. The molecule has 0 amide bonds. The van der Waals surface area contributed by atoms with Crippen molar-refractivity contribution in [1.82, 2.24) is 0 Å². The lowest BCUT2D eigenvalue weighted by molar-refractivity contribution is -0.148. The highest BCUT2D eigenvalue weighted by molar-refractivity contribution is 5.81. The Balaban J connectivity index is 2.54. The van der Waals surface area contributed by atoms with E-state index < -0.39 is 0 Å². The summed E-state index contributed by atoms with van der Waals surface area (Å²) in [6, 6.07) is 7.92. The van der Waals surface area contributed by atoms with Crippen LogP contribution < -0.4 is 4.74 Å². The predicted molar refractivity (Wildman–Crippen MR) is 112 cm³/mol. The van der Waals surface area contributed by atoms with Crippen LogP contribution in [0.3, 0.4) is 0 Å². The first kappa shape index (κ1) is 21.0. The van der Waals surface area contributed by atoms with Crippen molar-refractivity contribution in [3.63, 3.8) is 0 Å². The van der Waals surface area contributed by atoms with Crippen LogP contribution in [0, 0.1) is 11.3 Å². The Kier molecular flexibility index (Phi) is 6.35. The fraction of sp³-hybridized carbons (Fsp3) is 0.458. The van der Waals surface area contributed by atoms with Crippen molar-refractivity contribution in [2.45, 2.75) is 48.5 Å². The minimum Gasteiger partial charge on any atom is -0.497 e. The Morgan fingerprint density at radius 1 is 1.07 bits per heavy atom. The van der Waals surface area contributed by atoms with E-state index in [4.69, 9.17) is 9.47 Å². The van der Waals surface area contributed by atoms with Gasteiger partial charge < -0.3 is 9.47 Å². The second-order valence-electron chi connectivity index (χ2n) is 7.51. The maximum Gasteiger partial charge on any atom is 0.314 e. The molecule has 3 heteroatoms. The summed E-state index contributed by atoms with van der Waals surface area (Å²) in [4.78, 5) is 13.0. The molecule has 0 radical (unpaired) electrons. The number of esters is 1. The van der Waals surface area contributed by atoms with Crippen LogP contribution in [0.2, 0.25) is 0 Å². The molecule has 0 saturated heterocycles. The van der Waals surface area contributed by atoms with Crippen LogP contribution in [0.5, 0.6) is 5.75 Å². The number of carbonyl (C=O) groups excluding carboxylic acids is 1. The smallest absolute Gasteiger partial charge is 0.314 e. The Morgan fingerprint density at radius 2 is 1.59 bits per heavy atom. The predicted octanol–water partition coefficient (Wildman–Crippen LogP) is 5.97. The van der Waals surface area contributed by atoms with Crippen LogP contribution in [0.25, 0.3) is 5.57 Å². The van der Waals surface area contributed by atoms with Gasteiger partial charge in [-0.3, -0.25) is 4.79 Å². The SMILES string of the molecule is CCOC(=O)C(/C=C(/C)c1ccc(OC)cc1)C1(C)C(C)=C(C)C(C)=C1C. The van der Waals surface area contributed by atoms with Gasteiger partial charge in [-0.05, 0) is 76.0 Å². The van der Waals surface area contributed by atoms with Crippen LogP contribution in [-0.2, 0) is 9.53 Å². The highest BCUT2D eigenvalue weighted by Crippen LogP contribution is 2.52. The quantitative estimate of drug-likeness (QED) is 0.580. The average molecular weight is 369 g/mol. The van der Waals surface area contributed by atoms with Crippen LogP contribution in [0.1, 0.15) is 54.0 Å². The molecule has 0 N–H and O–H groups in total. The molecule has 1 aromatic carbocycles. The minimum absolute atomic E-state index is 0.172. The molecule has 146 valence electrons. The van der Waals surface area contributed by atoms with Gasteiger partial charge in [-0.25, -0.2) is 0 Å². The summed E-state index contributed by atoms with van der Waals surface area (Å²) < 4.78 is 10.7. The second kappa shape index (κ2) is 8.16. The first-order valence-corrected chi connectivity index (χ1v) is 9.54. The van der Waals surface area contributed by atoms with Gasteiger partial charge in [-0.2, -0.15) is 0 Å². The molecule has 1 aliphatic rings. The van der Waals surface area contributed by atoms with Gasteiger partial charge in [-0.1, -0.05) is 36.3 Å². The third kappa shape index (κ3) is 3.73. The van der Waals surface area contributed by atoms with Crippen molar-refractivity contribution < 1.29 is 14.3 Å². The molecule has 1 aromatic rings. The molecule has 1 atom stereocenters. The molecule has 0 aliphatic heterocycles. The van der Waals surface area contributed by atoms with Gasteiger partial charge in [-0.15, -0.1) is 0 Å². The van der Waals surface area contributed by atoms with Crippen LogP contribution in [0.4, 0.5) is 0 Å². The van der Waals surface area contributed by atoms with Gasteiger partial charge in [0.25, 0.3) is 0 Å². The summed E-state index contributed by atoms with van der Waals surface area (Å²) in [5.74, 6) is 0.279. The highest BCUT2D eigenvalue weighted by Gasteiger charge is 2.46. The molecule has 0 fully saturated rings. The van der Waals surface area contributed by atoms with Crippen molar-refractivity contribution >= 4 is 11.5 Å². The Hall–Kier alpha value is -2.29. The summed E-state index contributed by atoms with van der Waals surface area (Å²) in [5, 5.41) is 0. The zero-order chi connectivity index (χ0) is 20.4. The molecule has 0 spiro atoms. The second-order valence-corrected chi connectivity index (χ2v) is 7.51. The molecule has 2 rings (SSSR count). The molecule has 0 aromatic heterocycles. The van der Waals surface area contributed by atoms with E-state index in [0.29, 0.717) is 6.61 Å². The lowest BCUT2D eigenvalue weighted by Crippen LogP contribution is -2.35. The zero-order valence-corrected chi connectivity index (χ0v) is 17.9. The van der Waals surface area contributed by atoms with E-state index in [1.807, 2.05) is 38.1 Å². The van der Waals surface area contributed by atoms with Crippen molar-refractivity contribution in [2.24, 2.45) is 11.3 Å². The highest BCUT2D eigenvalue weighted by atomic mass is 16.5. The van der Waals surface area contributed by atoms with Gasteiger partial charge in [0.1, 0.15) is 5.75 Å². The molecule has 0 bridgehead atoms. The normalized spacial score (nSPS) is 18.0. The van der Waals surface area contributed by atoms with Gasteiger partial charge in [0.2, 0.25) is 0 Å². The number of ether oxygens (including phenoxy) is 2. The standard InChI is InChI=1S/C24H32O3/c1-9-27-23(25)22(24(7)18(5)16(3)17(4)19(24)6)14-15(2)20-10-12-21(26-8)13-11-20/h10-14,22H,9H2,1-8H3/b15-14-. The molecule has 27 heavy (non-hydrogen) atoms. The maximum atomic E-state index is 13.0. The molecule has 0 heterocycles. The summed E-state index contributed by atoms with van der Waals surface area (Å²) in [6.45, 7) is 15.0. The molecule has 1 aliphatic carbocycles. The van der Waals surface area contributed by atoms with E-state index in [1.54, 1.807) is 7.11 Å². The van der Waals surface area contributed by atoms with Gasteiger partial charge >= 0.3 is 5.97 Å². The fourth-order valence-electron chi connectivity index (χ4n) is 3.99. The van der Waals surface area contributed by atoms with Gasteiger partial charge in [0, 0.05) is 5.41 Å². The van der Waals surface area contributed by atoms with E-state index in [1.165, 1.54) is 22.3 Å². The van der Waals surface area contributed by atoms with E-state index in [9.17, 15) is 4.79 Å². The van der Waals surface area contributed by atoms with Crippen LogP contribution >= 0.6 is 0 Å².